The maximum absolute atomic E-state index is 10.1. The van der Waals surface area contributed by atoms with Crippen LogP contribution in [0.4, 0.5) is 0 Å². The number of fused-ring (bicyclic) bond motifs is 2. The van der Waals surface area contributed by atoms with Gasteiger partial charge >= 0.3 is 0 Å². The Morgan fingerprint density at radius 1 is 0.654 bits per heavy atom. The molecule has 0 bridgehead atoms. The maximum atomic E-state index is 10.1. The lowest BCUT2D eigenvalue weighted by Crippen LogP contribution is -1.86. The third-order valence-electron chi connectivity index (χ3n) is 4.30. The Kier molecular flexibility index (Phi) is 4.07. The van der Waals surface area contributed by atoms with Gasteiger partial charge in [-0.3, -0.25) is 0 Å². The van der Waals surface area contributed by atoms with Crippen molar-refractivity contribution in [3.8, 4) is 11.5 Å². The van der Waals surface area contributed by atoms with Crippen LogP contribution in [-0.4, -0.2) is 22.6 Å². The van der Waals surface area contributed by atoms with Crippen molar-refractivity contribution in [3.63, 3.8) is 0 Å². The summed E-state index contributed by atoms with van der Waals surface area (Å²) < 4.78 is 0. The molecule has 0 amide bonds. The van der Waals surface area contributed by atoms with E-state index in [1.807, 2.05) is 54.6 Å². The van der Waals surface area contributed by atoms with Crippen molar-refractivity contribution in [1.29, 1.82) is 0 Å². The van der Waals surface area contributed by atoms with E-state index >= 15 is 0 Å². The van der Waals surface area contributed by atoms with Crippen LogP contribution in [0.5, 0.6) is 11.5 Å². The Morgan fingerprint density at radius 3 is 2.31 bits per heavy atom. The molecule has 4 heteroatoms. The molecule has 0 saturated carbocycles. The molecule has 0 aromatic heterocycles. The van der Waals surface area contributed by atoms with Crippen molar-refractivity contribution in [2.24, 2.45) is 10.2 Å². The van der Waals surface area contributed by atoms with Crippen LogP contribution in [0, 0.1) is 0 Å². The van der Waals surface area contributed by atoms with Gasteiger partial charge in [-0.15, -0.1) is 0 Å². The predicted octanol–water partition coefficient (Wildman–Crippen LogP) is 4.86. The zero-order chi connectivity index (χ0) is 17.9. The summed E-state index contributed by atoms with van der Waals surface area (Å²) in [5.41, 5.74) is 1.49. The van der Waals surface area contributed by atoms with Crippen LogP contribution >= 0.6 is 0 Å². The third-order valence-corrected chi connectivity index (χ3v) is 4.30. The first-order valence-corrected chi connectivity index (χ1v) is 8.21. The number of benzene rings is 4. The lowest BCUT2D eigenvalue weighted by atomic mass is 10.0. The number of hydrogen-bond donors (Lipinski definition) is 2. The van der Waals surface area contributed by atoms with Crippen molar-refractivity contribution in [2.45, 2.75) is 0 Å². The lowest BCUT2D eigenvalue weighted by Gasteiger charge is -2.04. The monoisotopic (exact) mass is 340 g/mol. The van der Waals surface area contributed by atoms with Crippen LogP contribution in [0.2, 0.25) is 0 Å². The Hall–Kier alpha value is -3.66. The van der Waals surface area contributed by atoms with Gasteiger partial charge in [0.05, 0.1) is 12.4 Å². The van der Waals surface area contributed by atoms with Crippen molar-refractivity contribution >= 4 is 34.0 Å². The summed E-state index contributed by atoms with van der Waals surface area (Å²) in [6.07, 6.45) is 3.19. The Bertz CT molecular complexity index is 1160. The molecular formula is C22H16N2O2. The summed E-state index contributed by atoms with van der Waals surface area (Å²) in [6, 6.07) is 22.4. The molecule has 0 aliphatic carbocycles. The molecule has 0 atom stereocenters. The standard InChI is InChI=1S/C22H16N2O2/c25-18-10-8-16-5-3-6-17(20(16)12-18)13-23-24-14-21-19-7-2-1-4-15(19)9-11-22(21)26/h1-14,25-26H. The van der Waals surface area contributed by atoms with E-state index in [4.69, 9.17) is 0 Å². The fraction of sp³-hybridized carbons (Fsp3) is 0. The molecule has 0 aliphatic rings. The van der Waals surface area contributed by atoms with Gasteiger partial charge in [-0.05, 0) is 39.7 Å². The van der Waals surface area contributed by atoms with Gasteiger partial charge in [-0.1, -0.05) is 54.6 Å². The molecule has 26 heavy (non-hydrogen) atoms. The van der Waals surface area contributed by atoms with Gasteiger partial charge in [-0.2, -0.15) is 10.2 Å². The molecule has 126 valence electrons. The highest BCUT2D eigenvalue weighted by molar-refractivity contribution is 6.03. The van der Waals surface area contributed by atoms with E-state index in [0.717, 1.165) is 27.1 Å². The molecule has 0 heterocycles. The number of nitrogens with zero attached hydrogens (tertiary/aromatic N) is 2. The van der Waals surface area contributed by atoms with Crippen molar-refractivity contribution in [3.05, 3.63) is 83.9 Å². The molecule has 4 aromatic rings. The summed E-state index contributed by atoms with van der Waals surface area (Å²) in [7, 11) is 0. The number of hydrogen-bond acceptors (Lipinski definition) is 4. The van der Waals surface area contributed by atoms with Crippen LogP contribution < -0.4 is 0 Å². The van der Waals surface area contributed by atoms with E-state index in [1.54, 1.807) is 30.6 Å². The van der Waals surface area contributed by atoms with Crippen LogP contribution in [0.15, 0.2) is 83.0 Å². The smallest absolute Gasteiger partial charge is 0.125 e. The van der Waals surface area contributed by atoms with Gasteiger partial charge in [0.1, 0.15) is 11.5 Å². The first-order chi connectivity index (χ1) is 12.7. The van der Waals surface area contributed by atoms with E-state index in [-0.39, 0.29) is 11.5 Å². The maximum Gasteiger partial charge on any atom is 0.125 e. The molecule has 0 fully saturated rings. The Morgan fingerprint density at radius 2 is 1.38 bits per heavy atom. The van der Waals surface area contributed by atoms with E-state index in [9.17, 15) is 10.2 Å². The predicted molar refractivity (Wildman–Crippen MR) is 106 cm³/mol. The third kappa shape index (κ3) is 3.00. The Labute approximate surface area is 150 Å². The molecular weight excluding hydrogens is 324 g/mol. The minimum absolute atomic E-state index is 0.165. The average molecular weight is 340 g/mol. The topological polar surface area (TPSA) is 65.2 Å². The molecule has 4 nitrogen and oxygen atoms in total. The fourth-order valence-electron chi connectivity index (χ4n) is 3.00. The van der Waals surface area contributed by atoms with Crippen molar-refractivity contribution < 1.29 is 10.2 Å². The first kappa shape index (κ1) is 15.8. The van der Waals surface area contributed by atoms with Gasteiger partial charge in [0.25, 0.3) is 0 Å². The van der Waals surface area contributed by atoms with Gasteiger partial charge < -0.3 is 10.2 Å². The highest BCUT2D eigenvalue weighted by atomic mass is 16.3. The number of aromatic hydroxyl groups is 2. The molecule has 4 aromatic carbocycles. The van der Waals surface area contributed by atoms with E-state index in [0.29, 0.717) is 5.56 Å². The number of phenols is 2. The summed E-state index contributed by atoms with van der Waals surface area (Å²) in [5, 5.41) is 31.9. The second-order valence-corrected chi connectivity index (χ2v) is 5.96. The first-order valence-electron chi connectivity index (χ1n) is 8.21. The van der Waals surface area contributed by atoms with E-state index in [2.05, 4.69) is 10.2 Å². The summed E-state index contributed by atoms with van der Waals surface area (Å²) >= 11 is 0. The summed E-state index contributed by atoms with van der Waals surface area (Å²) in [4.78, 5) is 0. The molecule has 0 spiro atoms. The number of rotatable bonds is 3. The normalized spacial score (nSPS) is 11.8. The van der Waals surface area contributed by atoms with Gasteiger partial charge in [0, 0.05) is 11.1 Å². The Balaban J connectivity index is 1.68. The summed E-state index contributed by atoms with van der Waals surface area (Å²) in [6.45, 7) is 0. The highest BCUT2D eigenvalue weighted by Crippen LogP contribution is 2.25. The molecule has 4 rings (SSSR count). The zero-order valence-electron chi connectivity index (χ0n) is 13.9. The SMILES string of the molecule is Oc1ccc2cccc(C=NN=Cc3c(O)ccc4ccccc34)c2c1. The van der Waals surface area contributed by atoms with E-state index in [1.165, 1.54) is 0 Å². The lowest BCUT2D eigenvalue weighted by molar-refractivity contribution is 0.475. The van der Waals surface area contributed by atoms with Gasteiger partial charge in [-0.25, -0.2) is 0 Å². The molecule has 0 saturated heterocycles. The van der Waals surface area contributed by atoms with Gasteiger partial charge in [0.15, 0.2) is 0 Å². The minimum Gasteiger partial charge on any atom is -0.508 e. The molecule has 2 N–H and O–H groups in total. The zero-order valence-corrected chi connectivity index (χ0v) is 13.9. The summed E-state index contributed by atoms with van der Waals surface area (Å²) in [5.74, 6) is 0.375. The molecule has 0 aliphatic heterocycles. The largest absolute Gasteiger partial charge is 0.508 e. The van der Waals surface area contributed by atoms with E-state index < -0.39 is 0 Å². The van der Waals surface area contributed by atoms with Crippen molar-refractivity contribution in [1.82, 2.24) is 0 Å². The molecule has 0 radical (unpaired) electrons. The second kappa shape index (κ2) is 6.69. The van der Waals surface area contributed by atoms with Crippen LogP contribution in [0.3, 0.4) is 0 Å². The fourth-order valence-corrected chi connectivity index (χ4v) is 3.00. The highest BCUT2D eigenvalue weighted by Gasteiger charge is 2.04. The number of phenolic OH excluding ortho intramolecular Hbond substituents is 2. The van der Waals surface area contributed by atoms with Crippen LogP contribution in [0.1, 0.15) is 11.1 Å². The quantitative estimate of drug-likeness (QED) is 0.413. The second-order valence-electron chi connectivity index (χ2n) is 5.96. The van der Waals surface area contributed by atoms with Crippen molar-refractivity contribution in [2.75, 3.05) is 0 Å². The van der Waals surface area contributed by atoms with Crippen LogP contribution in [-0.2, 0) is 0 Å². The van der Waals surface area contributed by atoms with Crippen LogP contribution in [0.25, 0.3) is 21.5 Å². The average Bonchev–Trinajstić information content (AvgIpc) is 2.66. The molecule has 0 unspecified atom stereocenters. The van der Waals surface area contributed by atoms with Gasteiger partial charge in [0.2, 0.25) is 0 Å². The minimum atomic E-state index is 0.165.